The Hall–Kier alpha value is -1.30. The summed E-state index contributed by atoms with van der Waals surface area (Å²) < 4.78 is 0. The van der Waals surface area contributed by atoms with E-state index in [0.717, 1.165) is 10.0 Å². The second kappa shape index (κ2) is 5.48. The fourth-order valence-corrected chi connectivity index (χ4v) is 3.81. The van der Waals surface area contributed by atoms with Crippen molar-refractivity contribution in [1.29, 1.82) is 0 Å². The third-order valence-electron chi connectivity index (χ3n) is 3.52. The van der Waals surface area contributed by atoms with Crippen molar-refractivity contribution >= 4 is 45.4 Å². The molecule has 0 aliphatic carbocycles. The third kappa shape index (κ3) is 2.61. The van der Waals surface area contributed by atoms with E-state index in [-0.39, 0.29) is 17.6 Å². The van der Waals surface area contributed by atoms with Crippen LogP contribution in [0, 0.1) is 6.92 Å². The summed E-state index contributed by atoms with van der Waals surface area (Å²) >= 11 is 13.7. The van der Waals surface area contributed by atoms with Crippen LogP contribution in [0.1, 0.15) is 22.9 Å². The zero-order valence-electron chi connectivity index (χ0n) is 11.1. The summed E-state index contributed by atoms with van der Waals surface area (Å²) in [6, 6.07) is 3.05. The Labute approximate surface area is 135 Å². The van der Waals surface area contributed by atoms with E-state index in [9.17, 15) is 9.90 Å². The molecule has 3 rings (SSSR count). The number of hydrogen-bond acceptors (Lipinski definition) is 4. The lowest BCUT2D eigenvalue weighted by molar-refractivity contribution is -0.117. The Bertz CT molecular complexity index is 717. The summed E-state index contributed by atoms with van der Waals surface area (Å²) in [5.41, 5.74) is 0.543. The van der Waals surface area contributed by atoms with Gasteiger partial charge in [-0.3, -0.25) is 4.79 Å². The van der Waals surface area contributed by atoms with Gasteiger partial charge in [0.2, 0.25) is 5.91 Å². The minimum atomic E-state index is -0.175. The van der Waals surface area contributed by atoms with Crippen LogP contribution in [0.15, 0.2) is 18.3 Å². The maximum atomic E-state index is 12.2. The molecule has 0 saturated carbocycles. The van der Waals surface area contributed by atoms with Gasteiger partial charge in [-0.1, -0.05) is 23.2 Å². The van der Waals surface area contributed by atoms with Crippen molar-refractivity contribution in [2.75, 3.05) is 11.4 Å². The van der Waals surface area contributed by atoms with E-state index in [1.54, 1.807) is 17.2 Å². The molecule has 1 unspecified atom stereocenters. The summed E-state index contributed by atoms with van der Waals surface area (Å²) in [7, 11) is 0. The summed E-state index contributed by atoms with van der Waals surface area (Å²) in [5.74, 6) is -0.102. The number of rotatable bonds is 2. The molecule has 1 aliphatic rings. The van der Waals surface area contributed by atoms with E-state index in [1.807, 2.05) is 6.92 Å². The molecule has 0 spiro atoms. The molecule has 0 radical (unpaired) electrons. The number of halogens is 2. The van der Waals surface area contributed by atoms with Gasteiger partial charge < -0.3 is 10.0 Å². The number of nitrogens with zero attached hydrogens (tertiary/aromatic N) is 2. The molecule has 1 N–H and O–H groups in total. The molecule has 1 aromatic heterocycles. The van der Waals surface area contributed by atoms with Crippen molar-refractivity contribution in [2.45, 2.75) is 19.3 Å². The number of phenolic OH excluding ortho intramolecular Hbond substituents is 1. The van der Waals surface area contributed by atoms with Crippen molar-refractivity contribution in [1.82, 2.24) is 4.98 Å². The van der Waals surface area contributed by atoms with Crippen LogP contribution in [-0.4, -0.2) is 22.5 Å². The number of amides is 1. The first kappa shape index (κ1) is 14.6. The predicted molar refractivity (Wildman–Crippen MR) is 84.7 cm³/mol. The van der Waals surface area contributed by atoms with Gasteiger partial charge in [0.15, 0.2) is 0 Å². The normalized spacial score (nSPS) is 18.5. The van der Waals surface area contributed by atoms with E-state index >= 15 is 0 Å². The highest BCUT2D eigenvalue weighted by molar-refractivity contribution is 7.15. The number of benzene rings is 1. The first-order valence-corrected chi connectivity index (χ1v) is 7.94. The lowest BCUT2D eigenvalue weighted by Gasteiger charge is -2.16. The fraction of sp³-hybridized carbons (Fsp3) is 0.286. The Morgan fingerprint density at radius 2 is 2.19 bits per heavy atom. The molecule has 2 aromatic rings. The number of carbonyl (C=O) groups excluding carboxylic acids is 1. The third-order valence-corrected chi connectivity index (χ3v) is 5.27. The Morgan fingerprint density at radius 3 is 2.86 bits per heavy atom. The molecule has 1 fully saturated rings. The van der Waals surface area contributed by atoms with Gasteiger partial charge >= 0.3 is 0 Å². The summed E-state index contributed by atoms with van der Waals surface area (Å²) in [6.45, 7) is 2.36. The summed E-state index contributed by atoms with van der Waals surface area (Å²) in [5, 5.41) is 12.5. The van der Waals surface area contributed by atoms with Gasteiger partial charge in [-0.15, -0.1) is 11.3 Å². The number of aryl methyl sites for hydroxylation is 1. The van der Waals surface area contributed by atoms with Crippen LogP contribution in [0.2, 0.25) is 10.0 Å². The molecule has 21 heavy (non-hydrogen) atoms. The molecule has 4 nitrogen and oxygen atoms in total. The zero-order chi connectivity index (χ0) is 15.1. The van der Waals surface area contributed by atoms with E-state index < -0.39 is 0 Å². The van der Waals surface area contributed by atoms with Crippen molar-refractivity contribution < 1.29 is 9.90 Å². The molecule has 1 aliphatic heterocycles. The van der Waals surface area contributed by atoms with Gasteiger partial charge in [-0.25, -0.2) is 4.98 Å². The number of carbonyl (C=O) groups is 1. The van der Waals surface area contributed by atoms with Crippen LogP contribution in [0.3, 0.4) is 0 Å². The monoisotopic (exact) mass is 342 g/mol. The van der Waals surface area contributed by atoms with Gasteiger partial charge in [0, 0.05) is 24.4 Å². The molecule has 0 bridgehead atoms. The second-order valence-corrected chi connectivity index (χ2v) is 6.92. The Morgan fingerprint density at radius 1 is 1.43 bits per heavy atom. The van der Waals surface area contributed by atoms with Gasteiger partial charge in [0.05, 0.1) is 21.2 Å². The van der Waals surface area contributed by atoms with Gasteiger partial charge in [-0.2, -0.15) is 0 Å². The first-order valence-electron chi connectivity index (χ1n) is 6.37. The molecular formula is C14H12Cl2N2O2S. The average Bonchev–Trinajstić information content (AvgIpc) is 3.01. The Balaban J connectivity index is 1.93. The Kier molecular flexibility index (Phi) is 3.82. The van der Waals surface area contributed by atoms with Crippen molar-refractivity contribution in [2.24, 2.45) is 0 Å². The molecule has 7 heteroatoms. The molecule has 1 aromatic carbocycles. The fourth-order valence-electron chi connectivity index (χ4n) is 2.53. The number of aromatic nitrogens is 1. The highest BCUT2D eigenvalue weighted by atomic mass is 35.5. The largest absolute Gasteiger partial charge is 0.508 e. The zero-order valence-corrected chi connectivity index (χ0v) is 13.5. The van der Waals surface area contributed by atoms with Gasteiger partial charge in [0.25, 0.3) is 0 Å². The lowest BCUT2D eigenvalue weighted by Crippen LogP contribution is -2.23. The maximum absolute atomic E-state index is 12.2. The van der Waals surface area contributed by atoms with Crippen LogP contribution in [0.4, 0.5) is 5.00 Å². The average molecular weight is 343 g/mol. The molecule has 1 atom stereocenters. The first-order chi connectivity index (χ1) is 9.97. The quantitative estimate of drug-likeness (QED) is 0.897. The number of aromatic hydroxyl groups is 1. The number of hydrogen-bond donors (Lipinski definition) is 1. The molecule has 110 valence electrons. The highest BCUT2D eigenvalue weighted by Crippen LogP contribution is 2.43. The lowest BCUT2D eigenvalue weighted by atomic mass is 9.97. The summed E-state index contributed by atoms with van der Waals surface area (Å²) in [6.07, 6.45) is 1.99. The highest BCUT2D eigenvalue weighted by Gasteiger charge is 2.35. The predicted octanol–water partition coefficient (Wildman–Crippen LogP) is 3.98. The van der Waals surface area contributed by atoms with Crippen LogP contribution in [-0.2, 0) is 4.79 Å². The summed E-state index contributed by atoms with van der Waals surface area (Å²) in [4.78, 5) is 18.1. The SMILES string of the molecule is Cc1ncc(N2CC(c3c(O)ccc(Cl)c3Cl)CC2=O)s1. The molecule has 1 amide bonds. The minimum absolute atomic E-state index is 0.000841. The number of thiazole rings is 1. The maximum Gasteiger partial charge on any atom is 0.228 e. The van der Waals surface area contributed by atoms with Crippen molar-refractivity contribution in [3.63, 3.8) is 0 Å². The van der Waals surface area contributed by atoms with Crippen LogP contribution in [0.5, 0.6) is 5.75 Å². The van der Waals surface area contributed by atoms with E-state index in [1.165, 1.54) is 17.4 Å². The molecule has 1 saturated heterocycles. The second-order valence-electron chi connectivity index (χ2n) is 4.92. The number of phenols is 1. The van der Waals surface area contributed by atoms with E-state index in [0.29, 0.717) is 28.6 Å². The standard InChI is InChI=1S/C14H12Cl2N2O2S/c1-7-17-5-12(21-7)18-6-8(4-11(18)20)13-10(19)3-2-9(15)14(13)16/h2-3,5,8,19H,4,6H2,1H3. The van der Waals surface area contributed by atoms with Crippen LogP contribution < -0.4 is 4.90 Å². The smallest absolute Gasteiger partial charge is 0.228 e. The van der Waals surface area contributed by atoms with Gasteiger partial charge in [-0.05, 0) is 19.1 Å². The van der Waals surface area contributed by atoms with Crippen molar-refractivity contribution in [3.8, 4) is 5.75 Å². The van der Waals surface area contributed by atoms with Crippen LogP contribution in [0.25, 0.3) is 0 Å². The molecule has 2 heterocycles. The number of anilines is 1. The van der Waals surface area contributed by atoms with Gasteiger partial charge in [0.1, 0.15) is 10.8 Å². The topological polar surface area (TPSA) is 53.4 Å². The van der Waals surface area contributed by atoms with Crippen molar-refractivity contribution in [3.05, 3.63) is 38.9 Å². The van der Waals surface area contributed by atoms with Crippen LogP contribution >= 0.6 is 34.5 Å². The molecular weight excluding hydrogens is 331 g/mol. The van der Waals surface area contributed by atoms with E-state index in [4.69, 9.17) is 23.2 Å². The minimum Gasteiger partial charge on any atom is -0.508 e. The van der Waals surface area contributed by atoms with E-state index in [2.05, 4.69) is 4.98 Å².